The first-order valence-corrected chi connectivity index (χ1v) is 8.26. The van der Waals surface area contributed by atoms with Crippen molar-refractivity contribution in [2.45, 2.75) is 63.7 Å². The smallest absolute Gasteiger partial charge is 0.121 e. The Morgan fingerprint density at radius 2 is 1.95 bits per heavy atom. The molecule has 116 valence electrons. The Bertz CT molecular complexity index is 474. The molecule has 3 rings (SSSR count). The molecular weight excluding hydrogens is 260 g/mol. The third-order valence-electron chi connectivity index (χ3n) is 5.39. The molecule has 21 heavy (non-hydrogen) atoms. The first-order valence-electron chi connectivity index (χ1n) is 8.26. The molecule has 1 aromatic rings. The fraction of sp³-hybridized carbons (Fsp3) is 0.667. The molecule has 2 bridgehead atoms. The molecule has 2 unspecified atom stereocenters. The molecule has 2 aliphatic heterocycles. The number of benzene rings is 1. The molecule has 2 fully saturated rings. The maximum absolute atomic E-state index is 5.33. The van der Waals surface area contributed by atoms with Crippen molar-refractivity contribution in [2.75, 3.05) is 14.2 Å². The van der Waals surface area contributed by atoms with Gasteiger partial charge in [-0.2, -0.15) is 0 Å². The van der Waals surface area contributed by atoms with E-state index in [4.69, 9.17) is 4.74 Å². The fourth-order valence-corrected chi connectivity index (χ4v) is 4.10. The number of aryl methyl sites for hydroxylation is 1. The van der Waals surface area contributed by atoms with Crippen molar-refractivity contribution < 1.29 is 4.74 Å². The number of hydrogen-bond donors (Lipinski definition) is 1. The van der Waals surface area contributed by atoms with Crippen LogP contribution in [0.3, 0.4) is 0 Å². The van der Waals surface area contributed by atoms with E-state index in [1.54, 1.807) is 7.11 Å². The van der Waals surface area contributed by atoms with Gasteiger partial charge < -0.3 is 15.0 Å². The zero-order chi connectivity index (χ0) is 14.8. The van der Waals surface area contributed by atoms with E-state index in [1.165, 1.54) is 43.2 Å². The first kappa shape index (κ1) is 14.9. The number of fused-ring (bicyclic) bond motifs is 2. The number of nitrogens with one attached hydrogen (secondary N) is 1. The summed E-state index contributed by atoms with van der Waals surface area (Å²) in [6, 6.07) is 8.77. The van der Waals surface area contributed by atoms with Crippen molar-refractivity contribution in [1.29, 1.82) is 0 Å². The molecule has 2 saturated heterocycles. The Hall–Kier alpha value is -1.06. The Labute approximate surface area is 128 Å². The number of piperidine rings is 2. The zero-order valence-electron chi connectivity index (χ0n) is 13.6. The summed E-state index contributed by atoms with van der Waals surface area (Å²) in [6.45, 7) is 3.08. The third-order valence-corrected chi connectivity index (χ3v) is 5.39. The first-order chi connectivity index (χ1) is 10.2. The number of methoxy groups -OCH3 is 1. The Morgan fingerprint density at radius 3 is 2.57 bits per heavy atom. The van der Waals surface area contributed by atoms with Crippen LogP contribution in [0.1, 0.15) is 43.2 Å². The Kier molecular flexibility index (Phi) is 4.51. The summed E-state index contributed by atoms with van der Waals surface area (Å²) in [5.74, 6) is 0.979. The summed E-state index contributed by atoms with van der Waals surface area (Å²) in [6.07, 6.45) is 6.80. The molecule has 3 nitrogen and oxygen atoms in total. The Balaban J connectivity index is 1.57. The summed E-state index contributed by atoms with van der Waals surface area (Å²) in [4.78, 5) is 2.62. The van der Waals surface area contributed by atoms with Crippen LogP contribution in [-0.4, -0.2) is 37.2 Å². The van der Waals surface area contributed by atoms with Gasteiger partial charge in [0.25, 0.3) is 0 Å². The fourth-order valence-electron chi connectivity index (χ4n) is 4.10. The van der Waals surface area contributed by atoms with Crippen LogP contribution in [-0.2, 0) is 6.54 Å². The van der Waals surface area contributed by atoms with E-state index in [0.717, 1.165) is 24.4 Å². The second-order valence-electron chi connectivity index (χ2n) is 6.76. The van der Waals surface area contributed by atoms with Crippen LogP contribution in [0.2, 0.25) is 0 Å². The predicted molar refractivity (Wildman–Crippen MR) is 86.8 cm³/mol. The van der Waals surface area contributed by atoms with E-state index in [1.807, 2.05) is 0 Å². The van der Waals surface area contributed by atoms with Crippen molar-refractivity contribution in [3.63, 3.8) is 0 Å². The molecule has 3 heteroatoms. The molecule has 2 atom stereocenters. The monoisotopic (exact) mass is 288 g/mol. The number of ether oxygens (including phenoxy) is 1. The van der Waals surface area contributed by atoms with Crippen LogP contribution in [0.15, 0.2) is 18.2 Å². The van der Waals surface area contributed by atoms with Gasteiger partial charge in [0.15, 0.2) is 0 Å². The second kappa shape index (κ2) is 6.37. The molecule has 0 spiro atoms. The van der Waals surface area contributed by atoms with E-state index >= 15 is 0 Å². The minimum absolute atomic E-state index is 0.680. The van der Waals surface area contributed by atoms with Gasteiger partial charge in [0.1, 0.15) is 5.75 Å². The van der Waals surface area contributed by atoms with E-state index < -0.39 is 0 Å². The van der Waals surface area contributed by atoms with Crippen LogP contribution in [0.25, 0.3) is 0 Å². The van der Waals surface area contributed by atoms with Crippen molar-refractivity contribution in [3.8, 4) is 5.75 Å². The lowest BCUT2D eigenvalue weighted by Gasteiger charge is -2.47. The van der Waals surface area contributed by atoms with Gasteiger partial charge in [0.2, 0.25) is 0 Å². The highest BCUT2D eigenvalue weighted by Gasteiger charge is 2.35. The largest absolute Gasteiger partial charge is 0.496 e. The number of hydrogen-bond acceptors (Lipinski definition) is 3. The minimum atomic E-state index is 0.680. The number of nitrogens with zero attached hydrogens (tertiary/aromatic N) is 1. The van der Waals surface area contributed by atoms with Crippen molar-refractivity contribution in [1.82, 2.24) is 10.2 Å². The molecule has 0 aliphatic carbocycles. The van der Waals surface area contributed by atoms with Gasteiger partial charge in [0, 0.05) is 24.7 Å². The third kappa shape index (κ3) is 3.24. The summed E-state index contributed by atoms with van der Waals surface area (Å²) < 4.78 is 5.33. The normalized spacial score (nSPS) is 29.4. The lowest BCUT2D eigenvalue weighted by Crippen LogP contribution is -2.54. The SMILES string of the molecule is COc1ccc(CNC2CC3CCCC(C2)N3C)cc1C. The summed E-state index contributed by atoms with van der Waals surface area (Å²) in [5.41, 5.74) is 2.58. The maximum Gasteiger partial charge on any atom is 0.121 e. The van der Waals surface area contributed by atoms with Crippen LogP contribution < -0.4 is 10.1 Å². The molecule has 2 aliphatic rings. The lowest BCUT2D eigenvalue weighted by atomic mass is 9.82. The molecule has 0 amide bonds. The molecule has 2 heterocycles. The highest BCUT2D eigenvalue weighted by Crippen LogP contribution is 2.32. The average Bonchev–Trinajstić information content (AvgIpc) is 2.45. The average molecular weight is 288 g/mol. The molecular formula is C18H28N2O. The molecule has 1 N–H and O–H groups in total. The quantitative estimate of drug-likeness (QED) is 0.921. The van der Waals surface area contributed by atoms with Gasteiger partial charge in [0.05, 0.1) is 7.11 Å². The highest BCUT2D eigenvalue weighted by atomic mass is 16.5. The van der Waals surface area contributed by atoms with Gasteiger partial charge in [-0.05, 0) is 56.8 Å². The van der Waals surface area contributed by atoms with Gasteiger partial charge in [-0.1, -0.05) is 18.6 Å². The van der Waals surface area contributed by atoms with Gasteiger partial charge >= 0.3 is 0 Å². The van der Waals surface area contributed by atoms with Gasteiger partial charge in [-0.15, -0.1) is 0 Å². The molecule has 1 aromatic carbocycles. The van der Waals surface area contributed by atoms with E-state index in [9.17, 15) is 0 Å². The predicted octanol–water partition coefficient (Wildman–Crippen LogP) is 3.11. The summed E-state index contributed by atoms with van der Waals surface area (Å²) in [5, 5.41) is 3.78. The zero-order valence-corrected chi connectivity index (χ0v) is 13.6. The Morgan fingerprint density at radius 1 is 1.24 bits per heavy atom. The molecule has 0 aromatic heterocycles. The van der Waals surface area contributed by atoms with Crippen molar-refractivity contribution in [2.24, 2.45) is 0 Å². The lowest BCUT2D eigenvalue weighted by molar-refractivity contribution is 0.0482. The maximum atomic E-state index is 5.33. The molecule has 0 saturated carbocycles. The van der Waals surface area contributed by atoms with Crippen molar-refractivity contribution >= 4 is 0 Å². The van der Waals surface area contributed by atoms with Crippen LogP contribution >= 0.6 is 0 Å². The van der Waals surface area contributed by atoms with Crippen LogP contribution in [0.4, 0.5) is 0 Å². The van der Waals surface area contributed by atoms with Gasteiger partial charge in [-0.3, -0.25) is 0 Å². The minimum Gasteiger partial charge on any atom is -0.496 e. The van der Waals surface area contributed by atoms with Crippen LogP contribution in [0, 0.1) is 6.92 Å². The van der Waals surface area contributed by atoms with E-state index in [0.29, 0.717) is 6.04 Å². The van der Waals surface area contributed by atoms with Crippen molar-refractivity contribution in [3.05, 3.63) is 29.3 Å². The topological polar surface area (TPSA) is 24.5 Å². The molecule has 0 radical (unpaired) electrons. The van der Waals surface area contributed by atoms with E-state index in [-0.39, 0.29) is 0 Å². The van der Waals surface area contributed by atoms with Gasteiger partial charge in [-0.25, -0.2) is 0 Å². The second-order valence-corrected chi connectivity index (χ2v) is 6.76. The number of rotatable bonds is 4. The summed E-state index contributed by atoms with van der Waals surface area (Å²) in [7, 11) is 4.05. The van der Waals surface area contributed by atoms with E-state index in [2.05, 4.69) is 42.4 Å². The highest BCUT2D eigenvalue weighted by molar-refractivity contribution is 5.36. The van der Waals surface area contributed by atoms with Crippen LogP contribution in [0.5, 0.6) is 5.75 Å². The summed E-state index contributed by atoms with van der Waals surface area (Å²) >= 11 is 0. The standard InChI is InChI=1S/C18H28N2O/c1-13-9-14(7-8-18(13)21-3)12-19-15-10-16-5-4-6-17(11-15)20(16)2/h7-9,15-17,19H,4-6,10-12H2,1-3H3.